The van der Waals surface area contributed by atoms with Crippen molar-refractivity contribution in [2.75, 3.05) is 20.8 Å². The summed E-state index contributed by atoms with van der Waals surface area (Å²) in [5.41, 5.74) is 8.76. The van der Waals surface area contributed by atoms with Crippen LogP contribution in [0.2, 0.25) is 0 Å². The van der Waals surface area contributed by atoms with Gasteiger partial charge in [-0.3, -0.25) is 9.79 Å². The maximum Gasteiger partial charge on any atom is 0.407 e. The summed E-state index contributed by atoms with van der Waals surface area (Å²) in [6.45, 7) is 5.22. The molecule has 3 fully saturated rings. The van der Waals surface area contributed by atoms with Crippen LogP contribution in [0.5, 0.6) is 5.75 Å². The molecule has 9 rings (SSSR count). The molecule has 4 heterocycles. The van der Waals surface area contributed by atoms with Gasteiger partial charge >= 0.3 is 6.09 Å². The molecule has 1 aromatic heterocycles. The molecule has 0 unspecified atom stereocenters. The summed E-state index contributed by atoms with van der Waals surface area (Å²) in [6.07, 6.45) is 7.45. The van der Waals surface area contributed by atoms with Crippen LogP contribution in [-0.2, 0) is 27.3 Å². The molecule has 4 aromatic rings. The van der Waals surface area contributed by atoms with E-state index in [1.807, 2.05) is 24.9 Å². The van der Waals surface area contributed by atoms with Gasteiger partial charge in [0, 0.05) is 48.9 Å². The number of H-pyrrole nitrogens is 1. The molecule has 2 saturated carbocycles. The number of hydrogen-bond donors (Lipinski definition) is 2. The first kappa shape index (κ1) is 32.2. The predicted molar refractivity (Wildman–Crippen MR) is 195 cm³/mol. The van der Waals surface area contributed by atoms with Crippen LogP contribution in [0.3, 0.4) is 0 Å². The number of rotatable bonds is 8. The third-order valence-corrected chi connectivity index (χ3v) is 12.0. The number of aromatic nitrogens is 2. The molecule has 10 heteroatoms. The van der Waals surface area contributed by atoms with Crippen molar-refractivity contribution in [2.24, 2.45) is 22.7 Å². The van der Waals surface area contributed by atoms with Gasteiger partial charge in [-0.25, -0.2) is 9.78 Å². The van der Waals surface area contributed by atoms with E-state index >= 15 is 0 Å². The maximum atomic E-state index is 14.0. The van der Waals surface area contributed by atoms with E-state index in [9.17, 15) is 9.59 Å². The number of imidazole rings is 1. The van der Waals surface area contributed by atoms with Gasteiger partial charge in [0.25, 0.3) is 0 Å². The van der Waals surface area contributed by atoms with Crippen LogP contribution in [-0.4, -0.2) is 71.5 Å². The first-order chi connectivity index (χ1) is 24.8. The fraction of sp³-hybridized carbons (Fsp3) is 0.463. The Kier molecular flexibility index (Phi) is 7.90. The summed E-state index contributed by atoms with van der Waals surface area (Å²) >= 11 is 0. The van der Waals surface area contributed by atoms with Crippen molar-refractivity contribution in [3.05, 3.63) is 65.6 Å². The molecule has 3 aromatic carbocycles. The molecule has 3 aliphatic heterocycles. The van der Waals surface area contributed by atoms with Crippen LogP contribution in [0.15, 0.2) is 53.7 Å². The smallest absolute Gasteiger partial charge is 0.407 e. The fourth-order valence-electron chi connectivity index (χ4n) is 9.22. The van der Waals surface area contributed by atoms with Crippen molar-refractivity contribution < 1.29 is 23.8 Å². The van der Waals surface area contributed by atoms with Crippen LogP contribution in [0, 0.1) is 17.8 Å². The second kappa shape index (κ2) is 12.5. The lowest BCUT2D eigenvalue weighted by Gasteiger charge is -2.33. The summed E-state index contributed by atoms with van der Waals surface area (Å²) in [4.78, 5) is 41.6. The highest BCUT2D eigenvalue weighted by atomic mass is 16.5. The van der Waals surface area contributed by atoms with Gasteiger partial charge in [0.15, 0.2) is 0 Å². The molecule has 264 valence electrons. The van der Waals surface area contributed by atoms with E-state index in [4.69, 9.17) is 24.2 Å². The number of ether oxygens (including phenoxy) is 3. The molecule has 1 saturated heterocycles. The summed E-state index contributed by atoms with van der Waals surface area (Å²) in [7, 11) is 3.11. The first-order valence-corrected chi connectivity index (χ1v) is 18.4. The molecular formula is C41H45N5O5. The highest BCUT2D eigenvalue weighted by Gasteiger charge is 2.56. The number of amides is 2. The highest BCUT2D eigenvalue weighted by Crippen LogP contribution is 2.51. The van der Waals surface area contributed by atoms with Crippen LogP contribution >= 0.6 is 0 Å². The second-order valence-corrected chi connectivity index (χ2v) is 15.5. The number of fused-ring (bicyclic) bond motifs is 7. The lowest BCUT2D eigenvalue weighted by molar-refractivity contribution is -0.135. The van der Waals surface area contributed by atoms with Gasteiger partial charge in [-0.15, -0.1) is 0 Å². The lowest BCUT2D eigenvalue weighted by Crippen LogP contribution is -2.55. The van der Waals surface area contributed by atoms with Crippen molar-refractivity contribution in [1.82, 2.24) is 20.2 Å². The minimum Gasteiger partial charge on any atom is -0.488 e. The van der Waals surface area contributed by atoms with E-state index in [0.29, 0.717) is 30.8 Å². The van der Waals surface area contributed by atoms with E-state index < -0.39 is 12.1 Å². The van der Waals surface area contributed by atoms with E-state index in [-0.39, 0.29) is 23.9 Å². The molecule has 51 heavy (non-hydrogen) atoms. The summed E-state index contributed by atoms with van der Waals surface area (Å²) in [5, 5.41) is 5.15. The number of carbonyl (C=O) groups excluding carboxylic acids is 2. The van der Waals surface area contributed by atoms with E-state index in [1.165, 1.54) is 35.4 Å². The molecular weight excluding hydrogens is 642 g/mol. The van der Waals surface area contributed by atoms with Crippen LogP contribution in [0.4, 0.5) is 10.5 Å². The third kappa shape index (κ3) is 5.59. The molecule has 0 bridgehead atoms. The molecule has 6 atom stereocenters. The summed E-state index contributed by atoms with van der Waals surface area (Å²) in [5.74, 6) is 3.40. The van der Waals surface area contributed by atoms with E-state index in [1.54, 1.807) is 7.11 Å². The molecule has 2 N–H and O–H groups in total. The predicted octanol–water partition coefficient (Wildman–Crippen LogP) is 7.32. The van der Waals surface area contributed by atoms with Gasteiger partial charge in [0.05, 0.1) is 30.7 Å². The Morgan fingerprint density at radius 2 is 1.94 bits per heavy atom. The van der Waals surface area contributed by atoms with Gasteiger partial charge in [-0.05, 0) is 108 Å². The number of hydrogen-bond acceptors (Lipinski definition) is 7. The monoisotopic (exact) mass is 687 g/mol. The zero-order valence-corrected chi connectivity index (χ0v) is 29.7. The maximum absolute atomic E-state index is 14.0. The number of aromatic amines is 1. The second-order valence-electron chi connectivity index (χ2n) is 15.5. The van der Waals surface area contributed by atoms with E-state index in [2.05, 4.69) is 52.8 Å². The Morgan fingerprint density at radius 1 is 1.06 bits per heavy atom. The Labute approximate surface area is 298 Å². The number of carbonyl (C=O) groups is 2. The molecule has 2 aliphatic carbocycles. The quantitative estimate of drug-likeness (QED) is 0.201. The first-order valence-electron chi connectivity index (χ1n) is 18.4. The average molecular weight is 688 g/mol. The Morgan fingerprint density at radius 3 is 2.76 bits per heavy atom. The largest absolute Gasteiger partial charge is 0.488 e. The Hall–Kier alpha value is -4.70. The number of nitrogens with zero attached hydrogens (tertiary/aromatic N) is 3. The lowest BCUT2D eigenvalue weighted by atomic mass is 9.90. The number of benzene rings is 3. The van der Waals surface area contributed by atoms with Crippen LogP contribution in [0.1, 0.15) is 68.8 Å². The summed E-state index contributed by atoms with van der Waals surface area (Å²) in [6, 6.07) is 14.8. The minimum atomic E-state index is -0.641. The molecule has 10 nitrogen and oxygen atoms in total. The van der Waals surface area contributed by atoms with Crippen LogP contribution < -0.4 is 10.1 Å². The SMILES string of the molecule is COC[C@@H]1CC[C@H](c2ncc(-c3ccc4c(c3)OCc3cc5c6c(ccc5cc3-4)N=C([C@@H]3C[C@H]4C[C@H]4N3C(=O)[C@@H](NC(=O)OC)C(C)C)C6)[nH]2)C1. The minimum absolute atomic E-state index is 0.0418. The standard InChI is InChI=1S/C41H45N5O5/c1-21(2)38(45-41(48)50-4)40(47)46-35-14-26(35)15-36(46)33-17-31-29-13-27-20-51-37-16-24(7-9-28(37)30(27)12-23(29)8-10-32(31)43-33)34-18-42-39(44-34)25-6-5-22(11-25)19-49-3/h7-10,12-13,16,18,21-22,25-26,35-36,38H,5-6,11,14-15,17,19-20H2,1-4H3,(H,42,44)(H,45,48)/t22-,25+,26-,35-,36+,38+/m1/s1. The number of alkyl carbamates (subject to hydrolysis) is 1. The molecule has 0 spiro atoms. The number of methoxy groups -OCH3 is 2. The fourth-order valence-corrected chi connectivity index (χ4v) is 9.22. The van der Waals surface area contributed by atoms with E-state index in [0.717, 1.165) is 77.6 Å². The number of likely N-dealkylation sites (tertiary alicyclic amines) is 1. The van der Waals surface area contributed by atoms with Gasteiger partial charge < -0.3 is 29.4 Å². The summed E-state index contributed by atoms with van der Waals surface area (Å²) < 4.78 is 16.6. The number of piperidine rings is 1. The van der Waals surface area contributed by atoms with Crippen molar-refractivity contribution >= 4 is 34.2 Å². The van der Waals surface area contributed by atoms with Gasteiger partial charge in [-0.1, -0.05) is 26.0 Å². The zero-order valence-electron chi connectivity index (χ0n) is 29.7. The molecule has 0 radical (unpaired) electrons. The molecule has 5 aliphatic rings. The van der Waals surface area contributed by atoms with Crippen molar-refractivity contribution in [3.8, 4) is 28.1 Å². The highest BCUT2D eigenvalue weighted by molar-refractivity contribution is 6.06. The van der Waals surface area contributed by atoms with Gasteiger partial charge in [-0.2, -0.15) is 0 Å². The topological polar surface area (TPSA) is 118 Å². The zero-order chi connectivity index (χ0) is 35.0. The van der Waals surface area contributed by atoms with Crippen molar-refractivity contribution in [2.45, 2.75) is 83.0 Å². The van der Waals surface area contributed by atoms with Crippen molar-refractivity contribution in [3.63, 3.8) is 0 Å². The number of nitrogens with one attached hydrogen (secondary N) is 2. The van der Waals surface area contributed by atoms with Gasteiger partial charge in [0.1, 0.15) is 24.2 Å². The Bertz CT molecular complexity index is 2090. The molecule has 2 amide bonds. The Balaban J connectivity index is 0.954. The van der Waals surface area contributed by atoms with Crippen molar-refractivity contribution in [1.29, 1.82) is 0 Å². The number of aliphatic imine (C=N–C) groups is 1. The van der Waals surface area contributed by atoms with Crippen LogP contribution in [0.25, 0.3) is 33.2 Å². The third-order valence-electron chi connectivity index (χ3n) is 12.0. The average Bonchev–Trinajstić information content (AvgIpc) is 3.64. The normalized spacial score (nSPS) is 24.8. The van der Waals surface area contributed by atoms with Gasteiger partial charge in [0.2, 0.25) is 5.91 Å².